The Kier molecular flexibility index (Phi) is 9.37. The predicted octanol–water partition coefficient (Wildman–Crippen LogP) is 4.54. The van der Waals surface area contributed by atoms with Crippen molar-refractivity contribution in [2.75, 3.05) is 31.7 Å². The maximum absolute atomic E-state index is 10.7. The number of nitrogens with two attached hydrogens (primary N) is 1. The van der Waals surface area contributed by atoms with Crippen molar-refractivity contribution >= 4 is 11.8 Å². The van der Waals surface area contributed by atoms with Crippen molar-refractivity contribution < 1.29 is 5.11 Å². The summed E-state index contributed by atoms with van der Waals surface area (Å²) in [5, 5.41) is 14.3. The minimum Gasteiger partial charge on any atom is -0.508 e. The Labute approximate surface area is 181 Å². The van der Waals surface area contributed by atoms with Crippen LogP contribution in [0, 0.1) is 6.92 Å². The number of hydrogen-bond donors (Lipinski definition) is 3. The molecule has 1 aromatic carbocycles. The van der Waals surface area contributed by atoms with E-state index in [1.807, 2.05) is 19.1 Å². The Morgan fingerprint density at radius 2 is 1.83 bits per heavy atom. The third kappa shape index (κ3) is 7.17. The molecule has 166 valence electrons. The number of aromatic nitrogens is 2. The molecule has 0 aliphatic carbocycles. The van der Waals surface area contributed by atoms with E-state index in [4.69, 9.17) is 5.73 Å². The molecule has 0 bridgehead atoms. The van der Waals surface area contributed by atoms with Crippen molar-refractivity contribution in [3.05, 3.63) is 40.6 Å². The van der Waals surface area contributed by atoms with Crippen LogP contribution < -0.4 is 11.1 Å². The molecule has 0 aliphatic heterocycles. The van der Waals surface area contributed by atoms with E-state index in [0.29, 0.717) is 18.2 Å². The summed E-state index contributed by atoms with van der Waals surface area (Å²) in [6.45, 7) is 7.39. The number of rotatable bonds is 12. The molecule has 2 aromatic rings. The van der Waals surface area contributed by atoms with Gasteiger partial charge in [0.15, 0.2) is 0 Å². The fourth-order valence-corrected chi connectivity index (χ4v) is 3.83. The van der Waals surface area contributed by atoms with Crippen molar-refractivity contribution in [2.24, 2.45) is 0 Å². The van der Waals surface area contributed by atoms with Crippen molar-refractivity contribution in [2.45, 2.75) is 71.8 Å². The summed E-state index contributed by atoms with van der Waals surface area (Å²) >= 11 is 0. The van der Waals surface area contributed by atoms with Gasteiger partial charge in [-0.2, -0.15) is 4.98 Å². The maximum Gasteiger partial charge on any atom is 0.222 e. The normalized spacial score (nSPS) is 11.4. The van der Waals surface area contributed by atoms with Crippen LogP contribution in [0.4, 0.5) is 11.8 Å². The second-order valence-electron chi connectivity index (χ2n) is 8.46. The van der Waals surface area contributed by atoms with Crippen LogP contribution in [0.5, 0.6) is 5.75 Å². The zero-order valence-electron chi connectivity index (χ0n) is 19.3. The second-order valence-corrected chi connectivity index (χ2v) is 8.46. The number of anilines is 2. The van der Waals surface area contributed by atoms with E-state index >= 15 is 0 Å². The number of aromatic hydroxyl groups is 1. The molecule has 0 amide bonds. The molecular weight excluding hydrogens is 374 g/mol. The first-order valence-corrected chi connectivity index (χ1v) is 11.2. The molecule has 6 heteroatoms. The lowest BCUT2D eigenvalue weighted by Gasteiger charge is -2.21. The first kappa shape index (κ1) is 23.9. The molecule has 1 heterocycles. The van der Waals surface area contributed by atoms with Gasteiger partial charge in [-0.3, -0.25) is 0 Å². The summed E-state index contributed by atoms with van der Waals surface area (Å²) < 4.78 is 0. The zero-order chi connectivity index (χ0) is 22.1. The van der Waals surface area contributed by atoms with Gasteiger partial charge in [0.1, 0.15) is 11.6 Å². The van der Waals surface area contributed by atoms with Gasteiger partial charge in [0.25, 0.3) is 0 Å². The van der Waals surface area contributed by atoms with Crippen LogP contribution >= 0.6 is 0 Å². The molecule has 0 unspecified atom stereocenters. The fraction of sp³-hybridized carbons (Fsp3) is 0.583. The summed E-state index contributed by atoms with van der Waals surface area (Å²) in [4.78, 5) is 11.1. The maximum atomic E-state index is 10.7. The molecule has 0 atom stereocenters. The molecule has 0 saturated carbocycles. The van der Waals surface area contributed by atoms with Gasteiger partial charge >= 0.3 is 0 Å². The Morgan fingerprint density at radius 3 is 2.43 bits per heavy atom. The highest BCUT2D eigenvalue weighted by molar-refractivity contribution is 5.53. The topological polar surface area (TPSA) is 87.3 Å². The number of benzene rings is 1. The van der Waals surface area contributed by atoms with Crippen molar-refractivity contribution in [3.8, 4) is 5.75 Å². The third-order valence-corrected chi connectivity index (χ3v) is 5.43. The van der Waals surface area contributed by atoms with Gasteiger partial charge in [-0.25, -0.2) is 4.98 Å². The van der Waals surface area contributed by atoms with Crippen molar-refractivity contribution in [3.63, 3.8) is 0 Å². The molecule has 0 spiro atoms. The van der Waals surface area contributed by atoms with E-state index in [0.717, 1.165) is 73.3 Å². The standard InChI is InChI=1S/C24H39N5O/c1-6-9-20(10-7-2)27-23-21(17(3)26-24(25)28-23)16-19-13-12-18(15-22(19)30)11-8-14-29(4)5/h12-13,15,20,30H,6-11,14,16H2,1-5H3,(H3,25,26,27,28). The molecule has 0 radical (unpaired) electrons. The van der Waals surface area contributed by atoms with E-state index in [1.165, 1.54) is 0 Å². The number of hydrogen-bond acceptors (Lipinski definition) is 6. The molecule has 6 nitrogen and oxygen atoms in total. The van der Waals surface area contributed by atoms with E-state index in [1.54, 1.807) is 0 Å². The smallest absolute Gasteiger partial charge is 0.222 e. The highest BCUT2D eigenvalue weighted by Crippen LogP contribution is 2.28. The first-order chi connectivity index (χ1) is 14.3. The number of phenolic OH excluding ortho intramolecular Hbond substituents is 1. The summed E-state index contributed by atoms with van der Waals surface area (Å²) in [7, 11) is 4.16. The fourth-order valence-electron chi connectivity index (χ4n) is 3.83. The number of nitrogens with zero attached hydrogens (tertiary/aromatic N) is 3. The van der Waals surface area contributed by atoms with Crippen LogP contribution in [0.3, 0.4) is 0 Å². The summed E-state index contributed by atoms with van der Waals surface area (Å²) in [5.74, 6) is 1.41. The number of nitrogen functional groups attached to an aromatic ring is 1. The van der Waals surface area contributed by atoms with Crippen molar-refractivity contribution in [1.82, 2.24) is 14.9 Å². The van der Waals surface area contributed by atoms with Gasteiger partial charge in [-0.1, -0.05) is 38.8 Å². The van der Waals surface area contributed by atoms with Gasteiger partial charge < -0.3 is 21.1 Å². The van der Waals surface area contributed by atoms with Crippen LogP contribution in [-0.4, -0.2) is 46.7 Å². The zero-order valence-corrected chi connectivity index (χ0v) is 19.3. The lowest BCUT2D eigenvalue weighted by molar-refractivity contribution is 0.400. The van der Waals surface area contributed by atoms with Gasteiger partial charge in [0.05, 0.1) is 0 Å². The minimum atomic E-state index is 0.283. The van der Waals surface area contributed by atoms with Gasteiger partial charge in [0.2, 0.25) is 5.95 Å². The summed E-state index contributed by atoms with van der Waals surface area (Å²) in [5.41, 5.74) is 9.84. The van der Waals surface area contributed by atoms with Gasteiger partial charge in [-0.05, 0) is 70.4 Å². The van der Waals surface area contributed by atoms with Crippen LogP contribution in [-0.2, 0) is 12.8 Å². The Morgan fingerprint density at radius 1 is 1.13 bits per heavy atom. The average molecular weight is 414 g/mol. The average Bonchev–Trinajstić information content (AvgIpc) is 2.66. The van der Waals surface area contributed by atoms with Crippen LogP contribution in [0.25, 0.3) is 0 Å². The molecule has 30 heavy (non-hydrogen) atoms. The Hall–Kier alpha value is -2.34. The third-order valence-electron chi connectivity index (χ3n) is 5.43. The van der Waals surface area contributed by atoms with Crippen LogP contribution in [0.2, 0.25) is 0 Å². The highest BCUT2D eigenvalue weighted by atomic mass is 16.3. The molecule has 0 aliphatic rings. The minimum absolute atomic E-state index is 0.283. The molecule has 1 aromatic heterocycles. The van der Waals surface area contributed by atoms with E-state index in [-0.39, 0.29) is 5.95 Å². The van der Waals surface area contributed by atoms with Gasteiger partial charge in [0, 0.05) is 23.7 Å². The molecule has 2 rings (SSSR count). The Bertz CT molecular complexity index is 800. The lowest BCUT2D eigenvalue weighted by Crippen LogP contribution is -2.22. The van der Waals surface area contributed by atoms with Crippen LogP contribution in [0.15, 0.2) is 18.2 Å². The monoisotopic (exact) mass is 413 g/mol. The summed E-state index contributed by atoms with van der Waals surface area (Å²) in [6, 6.07) is 6.39. The SMILES string of the molecule is CCCC(CCC)Nc1nc(N)nc(C)c1Cc1ccc(CCCN(C)C)cc1O. The molecule has 0 saturated heterocycles. The largest absolute Gasteiger partial charge is 0.508 e. The number of aryl methyl sites for hydroxylation is 2. The number of phenols is 1. The van der Waals surface area contributed by atoms with E-state index in [9.17, 15) is 5.11 Å². The lowest BCUT2D eigenvalue weighted by atomic mass is 9.99. The highest BCUT2D eigenvalue weighted by Gasteiger charge is 2.16. The summed E-state index contributed by atoms with van der Waals surface area (Å²) in [6.07, 6.45) is 7.00. The first-order valence-electron chi connectivity index (χ1n) is 11.2. The predicted molar refractivity (Wildman–Crippen MR) is 126 cm³/mol. The number of nitrogens with one attached hydrogen (secondary N) is 1. The second kappa shape index (κ2) is 11.7. The van der Waals surface area contributed by atoms with E-state index in [2.05, 4.69) is 54.2 Å². The molecular formula is C24H39N5O. The Balaban J connectivity index is 2.22. The quantitative estimate of drug-likeness (QED) is 0.473. The van der Waals surface area contributed by atoms with E-state index < -0.39 is 0 Å². The molecule has 4 N–H and O–H groups in total. The van der Waals surface area contributed by atoms with Crippen LogP contribution in [0.1, 0.15) is 68.3 Å². The van der Waals surface area contributed by atoms with Crippen molar-refractivity contribution in [1.29, 1.82) is 0 Å². The molecule has 0 fully saturated rings. The van der Waals surface area contributed by atoms with Gasteiger partial charge in [-0.15, -0.1) is 0 Å².